The second kappa shape index (κ2) is 5.26. The molecule has 5 nitrogen and oxygen atoms in total. The first-order valence-corrected chi connectivity index (χ1v) is 6.65. The number of hydrogen-bond acceptors (Lipinski definition) is 3. The number of aliphatic carboxylic acids is 1. The maximum Gasteiger partial charge on any atom is 0.326 e. The fourth-order valence-corrected chi connectivity index (χ4v) is 2.91. The molecule has 2 heterocycles. The summed E-state index contributed by atoms with van der Waals surface area (Å²) >= 11 is 0. The summed E-state index contributed by atoms with van der Waals surface area (Å²) in [5.41, 5.74) is 0. The zero-order valence-corrected chi connectivity index (χ0v) is 11.0. The van der Waals surface area contributed by atoms with Gasteiger partial charge < -0.3 is 14.7 Å². The van der Waals surface area contributed by atoms with Gasteiger partial charge in [-0.25, -0.2) is 4.79 Å². The fraction of sp³-hybridized carbons (Fsp3) is 0.846. The van der Waals surface area contributed by atoms with E-state index in [-0.39, 0.29) is 17.9 Å². The molecule has 1 amide bonds. The van der Waals surface area contributed by atoms with E-state index in [1.807, 2.05) is 13.8 Å². The molecule has 4 atom stereocenters. The van der Waals surface area contributed by atoms with Gasteiger partial charge in [-0.15, -0.1) is 0 Å². The number of rotatable bonds is 2. The molecule has 0 spiro atoms. The molecule has 0 radical (unpaired) electrons. The molecule has 1 N–H and O–H groups in total. The van der Waals surface area contributed by atoms with Crippen molar-refractivity contribution in [3.05, 3.63) is 0 Å². The van der Waals surface area contributed by atoms with E-state index in [0.717, 1.165) is 6.42 Å². The molecule has 4 unspecified atom stereocenters. The topological polar surface area (TPSA) is 66.8 Å². The molecule has 0 aliphatic carbocycles. The highest BCUT2D eigenvalue weighted by atomic mass is 16.5. The van der Waals surface area contributed by atoms with Crippen LogP contribution < -0.4 is 0 Å². The van der Waals surface area contributed by atoms with Crippen molar-refractivity contribution >= 4 is 11.9 Å². The van der Waals surface area contributed by atoms with Gasteiger partial charge in [0.15, 0.2) is 0 Å². The van der Waals surface area contributed by atoms with Gasteiger partial charge in [-0.05, 0) is 32.1 Å². The molecular formula is C13H21NO4. The standard InChI is InChI=1S/C13H21NO4/c1-8-3-5-14(11(7-8)13(16)17)12(15)10-4-6-18-9(10)2/h8-11H,3-7H2,1-2H3,(H,16,17). The molecule has 2 aliphatic heterocycles. The molecule has 0 bridgehead atoms. The molecule has 5 heteroatoms. The van der Waals surface area contributed by atoms with Crippen LogP contribution >= 0.6 is 0 Å². The predicted molar refractivity (Wildman–Crippen MR) is 65.1 cm³/mol. The number of carbonyl (C=O) groups excluding carboxylic acids is 1. The Morgan fingerprint density at radius 3 is 2.56 bits per heavy atom. The summed E-state index contributed by atoms with van der Waals surface area (Å²) in [5, 5.41) is 9.26. The first-order valence-electron chi connectivity index (χ1n) is 6.65. The van der Waals surface area contributed by atoms with Gasteiger partial charge >= 0.3 is 5.97 Å². The Bertz CT molecular complexity index is 344. The Labute approximate surface area is 107 Å². The molecule has 102 valence electrons. The molecule has 0 aromatic rings. The average molecular weight is 255 g/mol. The maximum absolute atomic E-state index is 12.4. The summed E-state index contributed by atoms with van der Waals surface area (Å²) in [5.74, 6) is -0.728. The summed E-state index contributed by atoms with van der Waals surface area (Å²) < 4.78 is 5.40. The van der Waals surface area contributed by atoms with E-state index in [4.69, 9.17) is 4.74 Å². The zero-order chi connectivity index (χ0) is 13.3. The highest BCUT2D eigenvalue weighted by Crippen LogP contribution is 2.28. The molecule has 2 saturated heterocycles. The molecular weight excluding hydrogens is 234 g/mol. The lowest BCUT2D eigenvalue weighted by molar-refractivity contribution is -0.155. The molecule has 2 fully saturated rings. The van der Waals surface area contributed by atoms with Gasteiger partial charge in [0.05, 0.1) is 12.0 Å². The van der Waals surface area contributed by atoms with Gasteiger partial charge in [0.25, 0.3) is 0 Å². The first kappa shape index (κ1) is 13.3. The van der Waals surface area contributed by atoms with Crippen molar-refractivity contribution in [3.63, 3.8) is 0 Å². The maximum atomic E-state index is 12.4. The molecule has 2 rings (SSSR count). The van der Waals surface area contributed by atoms with Crippen molar-refractivity contribution in [2.24, 2.45) is 11.8 Å². The number of amides is 1. The number of hydrogen-bond donors (Lipinski definition) is 1. The summed E-state index contributed by atoms with van der Waals surface area (Å²) in [6.07, 6.45) is 2.06. The minimum absolute atomic E-state index is 0.0423. The van der Waals surface area contributed by atoms with E-state index >= 15 is 0 Å². The lowest BCUT2D eigenvalue weighted by atomic mass is 9.90. The van der Waals surface area contributed by atoms with E-state index in [1.165, 1.54) is 0 Å². The van der Waals surface area contributed by atoms with Gasteiger partial charge in [0.1, 0.15) is 6.04 Å². The smallest absolute Gasteiger partial charge is 0.326 e. The third kappa shape index (κ3) is 2.51. The molecule has 0 aromatic carbocycles. The number of carboxylic acid groups (broad SMARTS) is 1. The quantitative estimate of drug-likeness (QED) is 0.803. The van der Waals surface area contributed by atoms with E-state index in [0.29, 0.717) is 31.9 Å². The minimum Gasteiger partial charge on any atom is -0.480 e. The number of likely N-dealkylation sites (tertiary alicyclic amines) is 1. The van der Waals surface area contributed by atoms with E-state index in [9.17, 15) is 14.7 Å². The van der Waals surface area contributed by atoms with Crippen molar-refractivity contribution in [2.75, 3.05) is 13.2 Å². The minimum atomic E-state index is -0.888. The Hall–Kier alpha value is -1.10. The van der Waals surface area contributed by atoms with Crippen LogP contribution in [0.3, 0.4) is 0 Å². The largest absolute Gasteiger partial charge is 0.480 e. The Morgan fingerprint density at radius 2 is 2.00 bits per heavy atom. The van der Waals surface area contributed by atoms with Crippen LogP contribution in [-0.4, -0.2) is 47.2 Å². The Balaban J connectivity index is 2.09. The van der Waals surface area contributed by atoms with E-state index < -0.39 is 12.0 Å². The van der Waals surface area contributed by atoms with Crippen molar-refractivity contribution in [1.82, 2.24) is 4.90 Å². The average Bonchev–Trinajstić information content (AvgIpc) is 2.74. The molecule has 2 aliphatic rings. The molecule has 0 saturated carbocycles. The first-order chi connectivity index (χ1) is 8.50. The van der Waals surface area contributed by atoms with Crippen LogP contribution in [0.15, 0.2) is 0 Å². The highest BCUT2D eigenvalue weighted by Gasteiger charge is 2.40. The second-order valence-electron chi connectivity index (χ2n) is 5.49. The van der Waals surface area contributed by atoms with Gasteiger partial charge in [-0.2, -0.15) is 0 Å². The van der Waals surface area contributed by atoms with Gasteiger partial charge in [0, 0.05) is 13.2 Å². The van der Waals surface area contributed by atoms with Crippen LogP contribution in [0, 0.1) is 11.8 Å². The van der Waals surface area contributed by atoms with Crippen molar-refractivity contribution in [3.8, 4) is 0 Å². The van der Waals surface area contributed by atoms with Crippen LogP contribution in [0.2, 0.25) is 0 Å². The van der Waals surface area contributed by atoms with Gasteiger partial charge in [0.2, 0.25) is 5.91 Å². The number of ether oxygens (including phenoxy) is 1. The van der Waals surface area contributed by atoms with Crippen LogP contribution in [-0.2, 0) is 14.3 Å². The van der Waals surface area contributed by atoms with Crippen molar-refractivity contribution < 1.29 is 19.4 Å². The number of nitrogens with zero attached hydrogens (tertiary/aromatic N) is 1. The van der Waals surface area contributed by atoms with E-state index in [1.54, 1.807) is 4.90 Å². The Morgan fingerprint density at radius 1 is 1.28 bits per heavy atom. The van der Waals surface area contributed by atoms with Crippen LogP contribution in [0.5, 0.6) is 0 Å². The second-order valence-corrected chi connectivity index (χ2v) is 5.49. The van der Waals surface area contributed by atoms with Crippen molar-refractivity contribution in [2.45, 2.75) is 45.3 Å². The fourth-order valence-electron chi connectivity index (χ4n) is 2.91. The summed E-state index contributed by atoms with van der Waals surface area (Å²) in [4.78, 5) is 25.3. The van der Waals surface area contributed by atoms with Crippen LogP contribution in [0.1, 0.15) is 33.1 Å². The number of piperidine rings is 1. The molecule has 0 aromatic heterocycles. The Kier molecular flexibility index (Phi) is 3.90. The van der Waals surface area contributed by atoms with Crippen molar-refractivity contribution in [1.29, 1.82) is 0 Å². The predicted octanol–water partition coefficient (Wildman–Crippen LogP) is 1.12. The van der Waals surface area contributed by atoms with Crippen LogP contribution in [0.4, 0.5) is 0 Å². The SMILES string of the molecule is CC1CCN(C(=O)C2CCOC2C)C(C(=O)O)C1. The lowest BCUT2D eigenvalue weighted by Crippen LogP contribution is -2.52. The summed E-state index contributed by atoms with van der Waals surface area (Å²) in [6.45, 7) is 5.08. The monoisotopic (exact) mass is 255 g/mol. The van der Waals surface area contributed by atoms with E-state index in [2.05, 4.69) is 0 Å². The van der Waals surface area contributed by atoms with Crippen LogP contribution in [0.25, 0.3) is 0 Å². The summed E-state index contributed by atoms with van der Waals surface area (Å²) in [7, 11) is 0. The van der Waals surface area contributed by atoms with Gasteiger partial charge in [-0.3, -0.25) is 4.79 Å². The highest BCUT2D eigenvalue weighted by molar-refractivity contribution is 5.85. The lowest BCUT2D eigenvalue weighted by Gasteiger charge is -2.37. The zero-order valence-electron chi connectivity index (χ0n) is 11.0. The normalized spacial score (nSPS) is 36.7. The molecule has 18 heavy (non-hydrogen) atoms. The third-order valence-corrected chi connectivity index (χ3v) is 4.13. The van der Waals surface area contributed by atoms with Gasteiger partial charge in [-0.1, -0.05) is 6.92 Å². The number of carbonyl (C=O) groups is 2. The third-order valence-electron chi connectivity index (χ3n) is 4.13. The number of carboxylic acids is 1. The summed E-state index contributed by atoms with van der Waals surface area (Å²) in [6, 6.07) is -0.658.